The molecule has 3 amide bonds. The summed E-state index contributed by atoms with van der Waals surface area (Å²) in [5.41, 5.74) is 2.73. The number of carbonyl (C=O) groups excluding carboxylic acids is 2. The lowest BCUT2D eigenvalue weighted by atomic mass is 9.92. The van der Waals surface area contributed by atoms with Crippen LogP contribution in [0.2, 0.25) is 0 Å². The van der Waals surface area contributed by atoms with E-state index < -0.39 is 0 Å². The first-order valence-electron chi connectivity index (χ1n) is 8.71. The number of likely N-dealkylation sites (tertiary alicyclic amines) is 1. The van der Waals surface area contributed by atoms with Gasteiger partial charge in [-0.2, -0.15) is 0 Å². The molecule has 5 heteroatoms. The Balaban J connectivity index is 1.48. The van der Waals surface area contributed by atoms with Crippen molar-refractivity contribution in [2.45, 2.75) is 51.0 Å². The van der Waals surface area contributed by atoms with Crippen molar-refractivity contribution in [3.8, 4) is 0 Å². The molecule has 2 atom stereocenters. The van der Waals surface area contributed by atoms with Gasteiger partial charge in [0.25, 0.3) is 0 Å². The Morgan fingerprint density at radius 2 is 2.04 bits per heavy atom. The largest absolute Gasteiger partial charge is 0.326 e. The van der Waals surface area contributed by atoms with Crippen LogP contribution in [0.15, 0.2) is 18.2 Å². The van der Waals surface area contributed by atoms with Crippen molar-refractivity contribution < 1.29 is 9.59 Å². The molecule has 0 spiro atoms. The molecule has 0 unspecified atom stereocenters. The van der Waals surface area contributed by atoms with Crippen LogP contribution in [-0.2, 0) is 11.2 Å². The second-order valence-electron chi connectivity index (χ2n) is 6.94. The van der Waals surface area contributed by atoms with E-state index in [1.807, 2.05) is 23.1 Å². The quantitative estimate of drug-likeness (QED) is 0.835. The fourth-order valence-corrected chi connectivity index (χ4v) is 4.35. The Morgan fingerprint density at radius 3 is 2.96 bits per heavy atom. The van der Waals surface area contributed by atoms with Gasteiger partial charge in [-0.25, -0.2) is 4.79 Å². The molecule has 23 heavy (non-hydrogen) atoms. The van der Waals surface area contributed by atoms with Crippen LogP contribution in [0.4, 0.5) is 16.2 Å². The van der Waals surface area contributed by atoms with Gasteiger partial charge < -0.3 is 15.5 Å². The number of hydrogen-bond donors (Lipinski definition) is 2. The summed E-state index contributed by atoms with van der Waals surface area (Å²) in [6.07, 6.45) is 7.32. The lowest BCUT2D eigenvalue weighted by Crippen LogP contribution is -2.48. The molecule has 1 saturated carbocycles. The van der Waals surface area contributed by atoms with E-state index in [1.54, 1.807) is 0 Å². The standard InChI is InChI=1S/C18H23N3O2/c22-17-9-7-12-6-8-14(11-15(12)20-17)19-18(23)21-10-2-4-13-3-1-5-16(13)21/h6,8,11,13,16H,1-5,7,9-10H2,(H,19,23)(H,20,22)/t13-,16-/m0/s1. The zero-order valence-corrected chi connectivity index (χ0v) is 13.3. The summed E-state index contributed by atoms with van der Waals surface area (Å²) in [4.78, 5) is 26.2. The Morgan fingerprint density at radius 1 is 1.17 bits per heavy atom. The molecule has 2 N–H and O–H groups in total. The molecular formula is C18H23N3O2. The van der Waals surface area contributed by atoms with Gasteiger partial charge in [0.2, 0.25) is 5.91 Å². The molecule has 3 aliphatic rings. The third-order valence-corrected chi connectivity index (χ3v) is 5.51. The van der Waals surface area contributed by atoms with E-state index in [0.717, 1.165) is 42.7 Å². The molecule has 2 aliphatic heterocycles. The molecule has 2 fully saturated rings. The number of hydrogen-bond acceptors (Lipinski definition) is 2. The summed E-state index contributed by atoms with van der Waals surface area (Å²) in [6.45, 7) is 0.856. The normalized spacial score (nSPS) is 26.3. The minimum absolute atomic E-state index is 0.00341. The van der Waals surface area contributed by atoms with Crippen LogP contribution >= 0.6 is 0 Å². The highest BCUT2D eigenvalue weighted by atomic mass is 16.2. The maximum Gasteiger partial charge on any atom is 0.322 e. The third-order valence-electron chi connectivity index (χ3n) is 5.51. The van der Waals surface area contributed by atoms with Crippen LogP contribution in [0.5, 0.6) is 0 Å². The summed E-state index contributed by atoms with van der Waals surface area (Å²) in [5, 5.41) is 5.91. The van der Waals surface area contributed by atoms with Crippen LogP contribution in [0, 0.1) is 5.92 Å². The third kappa shape index (κ3) is 2.80. The summed E-state index contributed by atoms with van der Waals surface area (Å²) in [6, 6.07) is 6.23. The fraction of sp³-hybridized carbons (Fsp3) is 0.556. The molecule has 1 aliphatic carbocycles. The number of aryl methyl sites for hydroxylation is 1. The van der Waals surface area contributed by atoms with Crippen LogP contribution in [-0.4, -0.2) is 29.4 Å². The maximum atomic E-state index is 12.7. The van der Waals surface area contributed by atoms with Crippen LogP contribution in [0.1, 0.15) is 44.1 Å². The highest BCUT2D eigenvalue weighted by molar-refractivity contribution is 5.96. The summed E-state index contributed by atoms with van der Waals surface area (Å²) in [5.74, 6) is 0.739. The molecule has 2 heterocycles. The fourth-order valence-electron chi connectivity index (χ4n) is 4.35. The van der Waals surface area contributed by atoms with Gasteiger partial charge in [-0.15, -0.1) is 0 Å². The molecule has 1 aromatic carbocycles. The van der Waals surface area contributed by atoms with E-state index in [2.05, 4.69) is 10.6 Å². The number of nitrogens with one attached hydrogen (secondary N) is 2. The number of rotatable bonds is 1. The number of benzene rings is 1. The Kier molecular flexibility index (Phi) is 3.71. The van der Waals surface area contributed by atoms with E-state index >= 15 is 0 Å². The summed E-state index contributed by atoms with van der Waals surface area (Å²) >= 11 is 0. The minimum atomic E-state index is 0.00341. The SMILES string of the molecule is O=C1CCc2ccc(NC(=O)N3CCC[C@@H]4CCC[C@@H]43)cc2N1. The molecule has 5 nitrogen and oxygen atoms in total. The Bertz CT molecular complexity index is 643. The average molecular weight is 313 g/mol. The summed E-state index contributed by atoms with van der Waals surface area (Å²) in [7, 11) is 0. The van der Waals surface area contributed by atoms with Crippen molar-refractivity contribution in [3.63, 3.8) is 0 Å². The minimum Gasteiger partial charge on any atom is -0.326 e. The van der Waals surface area contributed by atoms with Gasteiger partial charge in [0, 0.05) is 30.4 Å². The van der Waals surface area contributed by atoms with Gasteiger partial charge in [-0.1, -0.05) is 12.5 Å². The number of amides is 3. The van der Waals surface area contributed by atoms with Crippen LogP contribution in [0.3, 0.4) is 0 Å². The Hall–Kier alpha value is -2.04. The summed E-state index contributed by atoms with van der Waals surface area (Å²) < 4.78 is 0. The molecule has 122 valence electrons. The number of piperidine rings is 1. The van der Waals surface area contributed by atoms with Gasteiger partial charge in [-0.3, -0.25) is 4.79 Å². The zero-order chi connectivity index (χ0) is 15.8. The second kappa shape index (κ2) is 5.87. The van der Waals surface area contributed by atoms with Crippen molar-refractivity contribution in [3.05, 3.63) is 23.8 Å². The second-order valence-corrected chi connectivity index (χ2v) is 6.94. The van der Waals surface area contributed by atoms with Crippen LogP contribution in [0.25, 0.3) is 0 Å². The van der Waals surface area contributed by atoms with Crippen molar-refractivity contribution in [1.29, 1.82) is 0 Å². The van der Waals surface area contributed by atoms with Crippen LogP contribution < -0.4 is 10.6 Å². The van der Waals surface area contributed by atoms with Crippen molar-refractivity contribution >= 4 is 23.3 Å². The number of urea groups is 1. The highest BCUT2D eigenvalue weighted by Crippen LogP contribution is 2.37. The van der Waals surface area contributed by atoms with E-state index in [-0.39, 0.29) is 11.9 Å². The lowest BCUT2D eigenvalue weighted by Gasteiger charge is -2.37. The molecule has 4 rings (SSSR count). The highest BCUT2D eigenvalue weighted by Gasteiger charge is 2.37. The smallest absolute Gasteiger partial charge is 0.322 e. The topological polar surface area (TPSA) is 61.4 Å². The zero-order valence-electron chi connectivity index (χ0n) is 13.3. The number of carbonyl (C=O) groups is 2. The van der Waals surface area contributed by atoms with Crippen molar-refractivity contribution in [2.24, 2.45) is 5.92 Å². The van der Waals surface area contributed by atoms with Gasteiger partial charge in [0.15, 0.2) is 0 Å². The molecule has 1 aromatic rings. The number of anilines is 2. The maximum absolute atomic E-state index is 12.7. The molecule has 0 radical (unpaired) electrons. The molecule has 0 aromatic heterocycles. The molecule has 0 bridgehead atoms. The predicted octanol–water partition coefficient (Wildman–Crippen LogP) is 3.37. The predicted molar refractivity (Wildman–Crippen MR) is 89.5 cm³/mol. The van der Waals surface area contributed by atoms with Crippen molar-refractivity contribution in [2.75, 3.05) is 17.2 Å². The van der Waals surface area contributed by atoms with Crippen molar-refractivity contribution in [1.82, 2.24) is 4.90 Å². The number of fused-ring (bicyclic) bond motifs is 2. The van der Waals surface area contributed by atoms with E-state index in [1.165, 1.54) is 19.3 Å². The number of nitrogens with zero attached hydrogens (tertiary/aromatic N) is 1. The monoisotopic (exact) mass is 313 g/mol. The Labute approximate surface area is 136 Å². The van der Waals surface area contributed by atoms with Gasteiger partial charge in [0.1, 0.15) is 0 Å². The van der Waals surface area contributed by atoms with E-state index in [9.17, 15) is 9.59 Å². The molecule has 1 saturated heterocycles. The van der Waals surface area contributed by atoms with Gasteiger partial charge in [-0.05, 0) is 55.7 Å². The first kappa shape index (κ1) is 14.5. The lowest BCUT2D eigenvalue weighted by molar-refractivity contribution is -0.116. The first-order chi connectivity index (χ1) is 11.2. The van der Waals surface area contributed by atoms with Gasteiger partial charge in [0.05, 0.1) is 0 Å². The van der Waals surface area contributed by atoms with Gasteiger partial charge >= 0.3 is 6.03 Å². The average Bonchev–Trinajstić information content (AvgIpc) is 3.02. The first-order valence-corrected chi connectivity index (χ1v) is 8.71. The molecular weight excluding hydrogens is 290 g/mol. The van der Waals surface area contributed by atoms with E-state index in [0.29, 0.717) is 18.4 Å². The van der Waals surface area contributed by atoms with E-state index in [4.69, 9.17) is 0 Å².